The molecule has 0 spiro atoms. The van der Waals surface area contributed by atoms with Crippen molar-refractivity contribution in [1.29, 1.82) is 0 Å². The van der Waals surface area contributed by atoms with Gasteiger partial charge in [0.25, 0.3) is 0 Å². The number of carbonyl (C=O) groups is 1. The lowest BCUT2D eigenvalue weighted by Gasteiger charge is -2.25. The van der Waals surface area contributed by atoms with Crippen LogP contribution in [0.1, 0.15) is 22.3 Å². The number of hydrogen-bond donors (Lipinski definition) is 1. The lowest BCUT2D eigenvalue weighted by Crippen LogP contribution is -2.18. The predicted octanol–water partition coefficient (Wildman–Crippen LogP) is 7.12. The van der Waals surface area contributed by atoms with Crippen molar-refractivity contribution < 1.29 is 36.2 Å². The van der Waals surface area contributed by atoms with Crippen LogP contribution in [-0.4, -0.2) is 22.7 Å². The number of aromatic nitrogens is 1. The van der Waals surface area contributed by atoms with E-state index < -0.39 is 35.1 Å². The number of halogens is 6. The van der Waals surface area contributed by atoms with Gasteiger partial charge >= 0.3 is 18.3 Å². The van der Waals surface area contributed by atoms with Crippen LogP contribution in [-0.2, 0) is 30.1 Å². The highest BCUT2D eigenvalue weighted by Crippen LogP contribution is 2.42. The monoisotopic (exact) mass is 506 g/mol. The van der Waals surface area contributed by atoms with Gasteiger partial charge in [-0.15, -0.1) is 0 Å². The molecule has 1 heterocycles. The summed E-state index contributed by atoms with van der Waals surface area (Å²) in [6.07, 6.45) is -8.02. The fourth-order valence-corrected chi connectivity index (χ4v) is 4.14. The molecule has 0 fully saturated rings. The van der Waals surface area contributed by atoms with Crippen molar-refractivity contribution in [2.75, 3.05) is 11.9 Å². The van der Waals surface area contributed by atoms with Crippen molar-refractivity contribution in [1.82, 2.24) is 4.57 Å². The molecule has 10 heteroatoms. The number of carboxylic acid groups (broad SMARTS) is 1. The van der Waals surface area contributed by atoms with Crippen LogP contribution in [0.2, 0.25) is 0 Å². The van der Waals surface area contributed by atoms with Crippen molar-refractivity contribution in [3.8, 4) is 0 Å². The lowest BCUT2D eigenvalue weighted by molar-refractivity contribution is -0.140. The number of aliphatic carboxylic acids is 1. The fourth-order valence-electron chi connectivity index (χ4n) is 4.14. The summed E-state index contributed by atoms with van der Waals surface area (Å²) in [5, 5.41) is 9.99. The molecule has 0 aliphatic heterocycles. The molecular weight excluding hydrogens is 486 g/mol. The van der Waals surface area contributed by atoms with E-state index in [1.54, 1.807) is 18.3 Å². The predicted molar refractivity (Wildman–Crippen MR) is 123 cm³/mol. The van der Waals surface area contributed by atoms with Gasteiger partial charge in [0.2, 0.25) is 0 Å². The highest BCUT2D eigenvalue weighted by Gasteiger charge is 2.38. The first-order chi connectivity index (χ1) is 16.8. The lowest BCUT2D eigenvalue weighted by atomic mass is 10.1. The second kappa shape index (κ2) is 9.25. The van der Waals surface area contributed by atoms with Crippen molar-refractivity contribution in [2.45, 2.75) is 25.3 Å². The van der Waals surface area contributed by atoms with E-state index in [0.29, 0.717) is 30.3 Å². The van der Waals surface area contributed by atoms with Gasteiger partial charge in [-0.05, 0) is 47.5 Å². The summed E-state index contributed by atoms with van der Waals surface area (Å²) in [6.45, 7) is 0.363. The van der Waals surface area contributed by atoms with Crippen LogP contribution in [0.25, 0.3) is 10.9 Å². The number of alkyl halides is 6. The summed E-state index contributed by atoms with van der Waals surface area (Å²) in [4.78, 5) is 12.3. The zero-order valence-electron chi connectivity index (χ0n) is 18.9. The van der Waals surface area contributed by atoms with E-state index in [4.69, 9.17) is 0 Å². The van der Waals surface area contributed by atoms with Crippen molar-refractivity contribution in [3.05, 3.63) is 95.2 Å². The average molecular weight is 506 g/mol. The Kier molecular flexibility index (Phi) is 6.46. The molecule has 0 aliphatic rings. The molecule has 0 atom stereocenters. The highest BCUT2D eigenvalue weighted by atomic mass is 19.4. The van der Waals surface area contributed by atoms with Crippen LogP contribution in [0.4, 0.5) is 37.7 Å². The van der Waals surface area contributed by atoms with Gasteiger partial charge in [-0.2, -0.15) is 26.3 Å². The van der Waals surface area contributed by atoms with E-state index in [1.165, 1.54) is 19.2 Å². The number of nitrogens with zero attached hydrogens (tertiary/aromatic N) is 2. The molecule has 4 rings (SSSR count). The third-order valence-corrected chi connectivity index (χ3v) is 5.88. The molecular formula is C26H20F6N2O2. The first-order valence-corrected chi connectivity index (χ1v) is 10.7. The van der Waals surface area contributed by atoms with Gasteiger partial charge in [-0.25, -0.2) is 0 Å². The maximum Gasteiger partial charge on any atom is 0.418 e. The summed E-state index contributed by atoms with van der Waals surface area (Å²) in [5.41, 5.74) is -0.438. The molecule has 4 aromatic rings. The summed E-state index contributed by atoms with van der Waals surface area (Å²) in [5.74, 6) is -0.960. The standard InChI is InChI=1S/C26H20F6N2O2/c1-33(23-13-18(25(27,28)29)8-11-21(23)26(30,31)32)19-9-6-16(7-10-19)14-34-15-17(12-24(35)36)20-4-2-3-5-22(20)34/h2-11,13,15H,12,14H2,1H3,(H,35,36). The summed E-state index contributed by atoms with van der Waals surface area (Å²) >= 11 is 0. The minimum absolute atomic E-state index is 0.143. The van der Waals surface area contributed by atoms with Gasteiger partial charge in [0.05, 0.1) is 23.2 Å². The van der Waals surface area contributed by atoms with Gasteiger partial charge in [-0.3, -0.25) is 4.79 Å². The molecule has 0 aliphatic carbocycles. The Morgan fingerprint density at radius 1 is 0.917 bits per heavy atom. The number of benzene rings is 3. The van der Waals surface area contributed by atoms with Crippen molar-refractivity contribution >= 4 is 28.2 Å². The number of fused-ring (bicyclic) bond motifs is 1. The first kappa shape index (κ1) is 25.2. The smallest absolute Gasteiger partial charge is 0.418 e. The quantitative estimate of drug-likeness (QED) is 0.283. The summed E-state index contributed by atoms with van der Waals surface area (Å²) in [6, 6.07) is 15.1. The molecule has 0 saturated heterocycles. The Morgan fingerprint density at radius 2 is 1.58 bits per heavy atom. The second-order valence-electron chi connectivity index (χ2n) is 8.32. The van der Waals surface area contributed by atoms with E-state index in [9.17, 15) is 36.2 Å². The van der Waals surface area contributed by atoms with Crippen LogP contribution >= 0.6 is 0 Å². The number of hydrogen-bond acceptors (Lipinski definition) is 2. The van der Waals surface area contributed by atoms with Crippen molar-refractivity contribution in [3.63, 3.8) is 0 Å². The SMILES string of the molecule is CN(c1ccc(Cn2cc(CC(=O)O)c3ccccc32)cc1)c1cc(C(F)(F)F)ccc1C(F)(F)F. The zero-order valence-corrected chi connectivity index (χ0v) is 18.9. The Morgan fingerprint density at radius 3 is 2.19 bits per heavy atom. The van der Waals surface area contributed by atoms with Gasteiger partial charge < -0.3 is 14.6 Å². The van der Waals surface area contributed by atoms with E-state index >= 15 is 0 Å². The summed E-state index contributed by atoms with van der Waals surface area (Å²) in [7, 11) is 1.28. The highest BCUT2D eigenvalue weighted by molar-refractivity contribution is 5.87. The number of para-hydroxylation sites is 1. The molecule has 0 amide bonds. The molecule has 1 aromatic heterocycles. The number of carboxylic acids is 1. The van der Waals surface area contributed by atoms with Crippen LogP contribution in [0.3, 0.4) is 0 Å². The minimum Gasteiger partial charge on any atom is -0.481 e. The minimum atomic E-state index is -4.84. The van der Waals surface area contributed by atoms with Gasteiger partial charge in [0.1, 0.15) is 0 Å². The van der Waals surface area contributed by atoms with Gasteiger partial charge in [0, 0.05) is 36.4 Å². The van der Waals surface area contributed by atoms with Crippen LogP contribution in [0, 0.1) is 0 Å². The molecule has 3 aromatic carbocycles. The Bertz CT molecular complexity index is 1400. The van der Waals surface area contributed by atoms with Crippen molar-refractivity contribution in [2.24, 2.45) is 0 Å². The van der Waals surface area contributed by atoms with Gasteiger partial charge in [-0.1, -0.05) is 30.3 Å². The van der Waals surface area contributed by atoms with Crippen LogP contribution in [0.5, 0.6) is 0 Å². The molecule has 0 radical (unpaired) electrons. The number of rotatable bonds is 6. The molecule has 0 bridgehead atoms. The maximum atomic E-state index is 13.5. The second-order valence-corrected chi connectivity index (χ2v) is 8.32. The fraction of sp³-hybridized carbons (Fsp3) is 0.192. The first-order valence-electron chi connectivity index (χ1n) is 10.7. The third kappa shape index (κ3) is 5.17. The molecule has 0 saturated carbocycles. The molecule has 4 nitrogen and oxygen atoms in total. The Balaban J connectivity index is 1.65. The average Bonchev–Trinajstić information content (AvgIpc) is 3.14. The maximum absolute atomic E-state index is 13.5. The molecule has 188 valence electrons. The molecule has 1 N–H and O–H groups in total. The molecule has 0 unspecified atom stereocenters. The summed E-state index contributed by atoms with van der Waals surface area (Å²) < 4.78 is 81.9. The third-order valence-electron chi connectivity index (χ3n) is 5.88. The normalized spacial score (nSPS) is 12.2. The Labute approximate surface area is 202 Å². The number of anilines is 2. The van der Waals surface area contributed by atoms with E-state index in [0.717, 1.165) is 21.4 Å². The van der Waals surface area contributed by atoms with E-state index in [2.05, 4.69) is 0 Å². The zero-order chi connectivity index (χ0) is 26.3. The largest absolute Gasteiger partial charge is 0.481 e. The topological polar surface area (TPSA) is 45.5 Å². The van der Waals surface area contributed by atoms with E-state index in [1.807, 2.05) is 28.8 Å². The van der Waals surface area contributed by atoms with E-state index in [-0.39, 0.29) is 12.1 Å². The molecule has 36 heavy (non-hydrogen) atoms. The van der Waals surface area contributed by atoms with Gasteiger partial charge in [0.15, 0.2) is 0 Å². The van der Waals surface area contributed by atoms with Crippen LogP contribution < -0.4 is 4.90 Å². The van der Waals surface area contributed by atoms with Crippen LogP contribution in [0.15, 0.2) is 72.9 Å². The Hall–Kier alpha value is -3.95.